The van der Waals surface area contributed by atoms with Gasteiger partial charge in [-0.3, -0.25) is 9.59 Å². The lowest BCUT2D eigenvalue weighted by Crippen LogP contribution is -2.27. The zero-order valence-corrected chi connectivity index (χ0v) is 21.3. The minimum Gasteiger partial charge on any atom is -0.465 e. The van der Waals surface area contributed by atoms with Crippen molar-refractivity contribution in [3.05, 3.63) is 79.4 Å². The third-order valence-electron chi connectivity index (χ3n) is 6.41. The molecule has 2 heterocycles. The third kappa shape index (κ3) is 4.85. The standard InChI is InChI=1S/C30H28N4O4/c1-3-37-29(35)24(30(36)38-4-2)15-9-10-16-34-19-33-27-26(31-18-32-28(27)34)25-17-20-11-5-6-12-21(20)22-13-7-8-14-23(22)25/h5-14,17-19,24H,3-4,15-16H2,1-2H3/b10-9+. The highest BCUT2D eigenvalue weighted by Crippen LogP contribution is 2.36. The molecule has 8 heteroatoms. The van der Waals surface area contributed by atoms with E-state index in [0.29, 0.717) is 17.7 Å². The summed E-state index contributed by atoms with van der Waals surface area (Å²) < 4.78 is 12.0. The highest BCUT2D eigenvalue weighted by atomic mass is 16.6. The monoisotopic (exact) mass is 508 g/mol. The Morgan fingerprint density at radius 2 is 1.55 bits per heavy atom. The zero-order chi connectivity index (χ0) is 26.5. The Hall–Kier alpha value is -4.59. The van der Waals surface area contributed by atoms with Crippen LogP contribution < -0.4 is 0 Å². The normalized spacial score (nSPS) is 11.7. The maximum absolute atomic E-state index is 12.2. The average Bonchev–Trinajstić information content (AvgIpc) is 3.36. The summed E-state index contributed by atoms with van der Waals surface area (Å²) in [4.78, 5) is 38.2. The van der Waals surface area contributed by atoms with Crippen molar-refractivity contribution >= 4 is 44.6 Å². The summed E-state index contributed by atoms with van der Waals surface area (Å²) in [6, 6.07) is 18.8. The van der Waals surface area contributed by atoms with E-state index < -0.39 is 17.9 Å². The van der Waals surface area contributed by atoms with E-state index >= 15 is 0 Å². The number of nitrogens with zero attached hydrogens (tertiary/aromatic N) is 4. The molecule has 3 aromatic carbocycles. The number of carbonyl (C=O) groups excluding carboxylic acids is 2. The molecule has 0 aliphatic carbocycles. The predicted molar refractivity (Wildman–Crippen MR) is 146 cm³/mol. The van der Waals surface area contributed by atoms with Crippen LogP contribution in [-0.2, 0) is 25.6 Å². The molecule has 0 N–H and O–H groups in total. The molecule has 0 radical (unpaired) electrons. The van der Waals surface area contributed by atoms with Gasteiger partial charge in [0.1, 0.15) is 17.5 Å². The smallest absolute Gasteiger partial charge is 0.320 e. The molecule has 38 heavy (non-hydrogen) atoms. The summed E-state index contributed by atoms with van der Waals surface area (Å²) in [7, 11) is 0. The topological polar surface area (TPSA) is 96.2 Å². The van der Waals surface area contributed by atoms with E-state index in [0.717, 1.165) is 27.4 Å². The van der Waals surface area contributed by atoms with E-state index in [4.69, 9.17) is 9.47 Å². The Bertz CT molecular complexity index is 1640. The fourth-order valence-electron chi connectivity index (χ4n) is 4.66. The van der Waals surface area contributed by atoms with Crippen molar-refractivity contribution in [3.8, 4) is 11.3 Å². The van der Waals surface area contributed by atoms with Gasteiger partial charge in [0.2, 0.25) is 0 Å². The molecule has 0 amide bonds. The fraction of sp³-hybridized carbons (Fsp3) is 0.233. The summed E-state index contributed by atoms with van der Waals surface area (Å²) in [6.45, 7) is 4.28. The van der Waals surface area contributed by atoms with Crippen LogP contribution in [0, 0.1) is 5.92 Å². The van der Waals surface area contributed by atoms with Gasteiger partial charge in [-0.1, -0.05) is 60.7 Å². The van der Waals surface area contributed by atoms with Crippen LogP contribution in [0.1, 0.15) is 20.3 Å². The fourth-order valence-corrected chi connectivity index (χ4v) is 4.66. The quantitative estimate of drug-likeness (QED) is 0.112. The van der Waals surface area contributed by atoms with Crippen LogP contribution in [0.5, 0.6) is 0 Å². The second kappa shape index (κ2) is 11.2. The van der Waals surface area contributed by atoms with Gasteiger partial charge >= 0.3 is 11.9 Å². The van der Waals surface area contributed by atoms with Gasteiger partial charge in [-0.15, -0.1) is 0 Å². The number of ether oxygens (including phenoxy) is 2. The molecule has 0 fully saturated rings. The number of aromatic nitrogens is 4. The second-order valence-corrected chi connectivity index (χ2v) is 8.75. The van der Waals surface area contributed by atoms with Gasteiger partial charge in [0, 0.05) is 12.1 Å². The lowest BCUT2D eigenvalue weighted by Gasteiger charge is -2.12. The lowest BCUT2D eigenvalue weighted by atomic mass is 9.95. The van der Waals surface area contributed by atoms with Crippen LogP contribution in [0.15, 0.2) is 79.4 Å². The van der Waals surface area contributed by atoms with Crippen molar-refractivity contribution in [1.82, 2.24) is 19.5 Å². The number of benzene rings is 3. The van der Waals surface area contributed by atoms with Crippen molar-refractivity contribution in [1.29, 1.82) is 0 Å². The molecule has 192 valence electrons. The van der Waals surface area contributed by atoms with Crippen LogP contribution in [-0.4, -0.2) is 44.7 Å². The van der Waals surface area contributed by atoms with E-state index in [1.807, 2.05) is 34.9 Å². The van der Waals surface area contributed by atoms with Crippen molar-refractivity contribution in [3.63, 3.8) is 0 Å². The molecule has 2 aromatic heterocycles. The van der Waals surface area contributed by atoms with E-state index in [1.165, 1.54) is 5.39 Å². The summed E-state index contributed by atoms with van der Waals surface area (Å²) in [5, 5.41) is 4.59. The summed E-state index contributed by atoms with van der Waals surface area (Å²) >= 11 is 0. The van der Waals surface area contributed by atoms with E-state index in [2.05, 4.69) is 45.3 Å². The molecule has 0 aliphatic heterocycles. The van der Waals surface area contributed by atoms with Gasteiger partial charge in [0.05, 0.1) is 19.5 Å². The minimum atomic E-state index is -0.985. The highest BCUT2D eigenvalue weighted by Gasteiger charge is 2.28. The Morgan fingerprint density at radius 1 is 0.868 bits per heavy atom. The molecule has 5 rings (SSSR count). The van der Waals surface area contributed by atoms with Crippen LogP contribution >= 0.6 is 0 Å². The molecule has 0 saturated carbocycles. The van der Waals surface area contributed by atoms with Gasteiger partial charge in [-0.25, -0.2) is 15.0 Å². The molecule has 0 bridgehead atoms. The number of allylic oxidation sites excluding steroid dienone is 2. The first-order valence-electron chi connectivity index (χ1n) is 12.7. The summed E-state index contributed by atoms with van der Waals surface area (Å²) in [6.07, 6.45) is 7.13. The number of hydrogen-bond donors (Lipinski definition) is 0. The number of carbonyl (C=O) groups is 2. The molecule has 0 spiro atoms. The van der Waals surface area contributed by atoms with Crippen LogP contribution in [0.2, 0.25) is 0 Å². The molecule has 0 unspecified atom stereocenters. The van der Waals surface area contributed by atoms with Crippen LogP contribution in [0.3, 0.4) is 0 Å². The number of rotatable bonds is 9. The van der Waals surface area contributed by atoms with Crippen molar-refractivity contribution < 1.29 is 19.1 Å². The molecular formula is C30H28N4O4. The highest BCUT2D eigenvalue weighted by molar-refractivity contribution is 6.14. The number of imidazole rings is 1. The van der Waals surface area contributed by atoms with Crippen LogP contribution in [0.4, 0.5) is 0 Å². The number of esters is 2. The molecular weight excluding hydrogens is 480 g/mol. The molecule has 8 nitrogen and oxygen atoms in total. The second-order valence-electron chi connectivity index (χ2n) is 8.75. The zero-order valence-electron chi connectivity index (χ0n) is 21.3. The number of fused-ring (bicyclic) bond motifs is 4. The molecule has 0 saturated heterocycles. The van der Waals surface area contributed by atoms with Crippen LogP contribution in [0.25, 0.3) is 44.0 Å². The van der Waals surface area contributed by atoms with Crippen molar-refractivity contribution in [2.45, 2.75) is 26.8 Å². The Kier molecular flexibility index (Phi) is 7.40. The van der Waals surface area contributed by atoms with Crippen molar-refractivity contribution in [2.24, 2.45) is 5.92 Å². The average molecular weight is 509 g/mol. The molecule has 5 aromatic rings. The largest absolute Gasteiger partial charge is 0.465 e. The van der Waals surface area contributed by atoms with Gasteiger partial charge in [-0.2, -0.15) is 0 Å². The lowest BCUT2D eigenvalue weighted by molar-refractivity contribution is -0.161. The first kappa shape index (κ1) is 25.1. The Balaban J connectivity index is 1.45. The minimum absolute atomic E-state index is 0.188. The van der Waals surface area contributed by atoms with E-state index in [9.17, 15) is 9.59 Å². The first-order chi connectivity index (χ1) is 18.6. The molecule has 0 atom stereocenters. The summed E-state index contributed by atoms with van der Waals surface area (Å²) in [5.74, 6) is -2.15. The van der Waals surface area contributed by atoms with Gasteiger partial charge < -0.3 is 14.0 Å². The van der Waals surface area contributed by atoms with E-state index in [-0.39, 0.29) is 19.6 Å². The predicted octanol–water partition coefficient (Wildman–Crippen LogP) is 5.49. The Labute approximate surface area is 219 Å². The Morgan fingerprint density at radius 3 is 2.29 bits per heavy atom. The number of hydrogen-bond acceptors (Lipinski definition) is 7. The van der Waals surface area contributed by atoms with Gasteiger partial charge in [0.15, 0.2) is 11.6 Å². The maximum atomic E-state index is 12.2. The van der Waals surface area contributed by atoms with Crippen molar-refractivity contribution in [2.75, 3.05) is 13.2 Å². The molecule has 0 aliphatic rings. The summed E-state index contributed by atoms with van der Waals surface area (Å²) in [5.41, 5.74) is 3.17. The SMILES string of the molecule is CCOC(=O)C(C/C=C/Cn1cnc2c(-c3cc4ccccc4c4ccccc34)ncnc21)C(=O)OCC. The first-order valence-corrected chi connectivity index (χ1v) is 12.7. The van der Waals surface area contributed by atoms with E-state index in [1.54, 1.807) is 32.6 Å². The van der Waals surface area contributed by atoms with Gasteiger partial charge in [-0.05, 0) is 47.9 Å². The third-order valence-corrected chi connectivity index (χ3v) is 6.41. The maximum Gasteiger partial charge on any atom is 0.320 e. The van der Waals surface area contributed by atoms with Gasteiger partial charge in [0.25, 0.3) is 0 Å².